The summed E-state index contributed by atoms with van der Waals surface area (Å²) < 4.78 is 0. The van der Waals surface area contributed by atoms with Crippen LogP contribution in [-0.2, 0) is 0 Å². The highest BCUT2D eigenvalue weighted by atomic mass is 14.9. The van der Waals surface area contributed by atoms with Crippen LogP contribution < -0.4 is 0 Å². The van der Waals surface area contributed by atoms with Gasteiger partial charge in [0.1, 0.15) is 0 Å². The molecule has 0 aliphatic heterocycles. The Labute approximate surface area is 113 Å². The molecule has 0 atom stereocenters. The van der Waals surface area contributed by atoms with Crippen molar-refractivity contribution in [1.82, 2.24) is 0 Å². The van der Waals surface area contributed by atoms with E-state index in [2.05, 4.69) is 16.6 Å². The number of hydrogen-bond donors (Lipinski definition) is 0. The summed E-state index contributed by atoms with van der Waals surface area (Å²) in [5, 5.41) is 0. The van der Waals surface area contributed by atoms with E-state index in [0.29, 0.717) is 11.5 Å². The number of nitrogens with zero attached hydrogens (tertiary/aromatic N) is 2. The van der Waals surface area contributed by atoms with Crippen LogP contribution in [0.4, 0.5) is 0 Å². The molecule has 0 unspecified atom stereocenters. The van der Waals surface area contributed by atoms with E-state index < -0.39 is 0 Å². The lowest BCUT2D eigenvalue weighted by molar-refractivity contribution is 1.45. The van der Waals surface area contributed by atoms with Gasteiger partial charge in [-0.25, -0.2) is 9.98 Å². The first kappa shape index (κ1) is 13.0. The maximum atomic E-state index is 4.53. The molecular weight excluding hydrogens is 232 g/mol. The van der Waals surface area contributed by atoms with Crippen LogP contribution in [0.25, 0.3) is 5.70 Å². The summed E-state index contributed by atoms with van der Waals surface area (Å²) in [6, 6.07) is 19.8. The van der Waals surface area contributed by atoms with Crippen molar-refractivity contribution in [2.45, 2.75) is 6.92 Å². The second-order valence-electron chi connectivity index (χ2n) is 4.00. The molecule has 2 nitrogen and oxygen atoms in total. The molecular formula is C17H16N2. The zero-order valence-corrected chi connectivity index (χ0v) is 11.0. The number of benzene rings is 2. The van der Waals surface area contributed by atoms with Gasteiger partial charge < -0.3 is 0 Å². The summed E-state index contributed by atoms with van der Waals surface area (Å²) in [6.07, 6.45) is 1.74. The van der Waals surface area contributed by atoms with Crippen LogP contribution >= 0.6 is 0 Å². The Bertz CT molecular complexity index is 596. The molecule has 0 spiro atoms. The number of rotatable bonds is 3. The van der Waals surface area contributed by atoms with E-state index in [0.717, 1.165) is 11.1 Å². The zero-order chi connectivity index (χ0) is 13.5. The Hall–Kier alpha value is -2.48. The molecule has 94 valence electrons. The predicted molar refractivity (Wildman–Crippen MR) is 82.6 cm³/mol. The summed E-state index contributed by atoms with van der Waals surface area (Å²) in [5.41, 5.74) is 2.70. The fourth-order valence-corrected chi connectivity index (χ4v) is 1.70. The Morgan fingerprint density at radius 2 is 1.42 bits per heavy atom. The van der Waals surface area contributed by atoms with Gasteiger partial charge in [-0.2, -0.15) is 0 Å². The van der Waals surface area contributed by atoms with Crippen LogP contribution in [0.15, 0.2) is 77.2 Å². The summed E-state index contributed by atoms with van der Waals surface area (Å²) in [6.45, 7) is 5.89. The fourth-order valence-electron chi connectivity index (χ4n) is 1.70. The van der Waals surface area contributed by atoms with Crippen LogP contribution in [0.5, 0.6) is 0 Å². The molecule has 0 aliphatic carbocycles. The van der Waals surface area contributed by atoms with E-state index in [4.69, 9.17) is 0 Å². The first-order valence-corrected chi connectivity index (χ1v) is 6.18. The average molecular weight is 248 g/mol. The van der Waals surface area contributed by atoms with Crippen LogP contribution in [0, 0.1) is 0 Å². The van der Waals surface area contributed by atoms with E-state index >= 15 is 0 Å². The van der Waals surface area contributed by atoms with Crippen molar-refractivity contribution in [2.24, 2.45) is 9.98 Å². The SMILES string of the molecule is C=C(N=C(N=CC)c1ccccc1)c1ccccc1. The average Bonchev–Trinajstić information content (AvgIpc) is 2.48. The molecule has 0 aromatic heterocycles. The second-order valence-corrected chi connectivity index (χ2v) is 4.00. The molecule has 0 amide bonds. The Kier molecular flexibility index (Phi) is 4.40. The topological polar surface area (TPSA) is 24.7 Å². The smallest absolute Gasteiger partial charge is 0.159 e. The monoisotopic (exact) mass is 248 g/mol. The number of amidine groups is 1. The quantitative estimate of drug-likeness (QED) is 0.574. The molecule has 2 aromatic rings. The molecule has 2 aromatic carbocycles. The molecule has 0 heterocycles. The van der Waals surface area contributed by atoms with E-state index in [1.807, 2.05) is 67.6 Å². The Morgan fingerprint density at radius 1 is 0.895 bits per heavy atom. The standard InChI is InChI=1S/C17H16N2/c1-3-18-17(16-12-8-5-9-13-16)19-14(2)15-10-6-4-7-11-15/h3-13H,2H2,1H3. The van der Waals surface area contributed by atoms with Crippen molar-refractivity contribution in [3.05, 3.63) is 78.4 Å². The van der Waals surface area contributed by atoms with Crippen LogP contribution in [-0.4, -0.2) is 12.1 Å². The van der Waals surface area contributed by atoms with Gasteiger partial charge in [-0.1, -0.05) is 67.2 Å². The van der Waals surface area contributed by atoms with Gasteiger partial charge in [-0.05, 0) is 12.5 Å². The molecule has 0 fully saturated rings. The van der Waals surface area contributed by atoms with E-state index in [9.17, 15) is 0 Å². The molecule has 0 saturated carbocycles. The lowest BCUT2D eigenvalue weighted by Crippen LogP contribution is -1.97. The number of aliphatic imine (C=N–C) groups is 2. The first-order valence-electron chi connectivity index (χ1n) is 6.18. The summed E-state index contributed by atoms with van der Waals surface area (Å²) in [7, 11) is 0. The van der Waals surface area contributed by atoms with Gasteiger partial charge in [-0.3, -0.25) is 0 Å². The maximum absolute atomic E-state index is 4.53. The molecule has 0 N–H and O–H groups in total. The predicted octanol–water partition coefficient (Wildman–Crippen LogP) is 4.19. The van der Waals surface area contributed by atoms with E-state index in [-0.39, 0.29) is 0 Å². The van der Waals surface area contributed by atoms with Crippen LogP contribution in [0.3, 0.4) is 0 Å². The van der Waals surface area contributed by atoms with Crippen molar-refractivity contribution < 1.29 is 0 Å². The van der Waals surface area contributed by atoms with Crippen molar-refractivity contribution in [3.63, 3.8) is 0 Å². The molecule has 2 rings (SSSR count). The van der Waals surface area contributed by atoms with Crippen molar-refractivity contribution in [3.8, 4) is 0 Å². The largest absolute Gasteiger partial charge is 0.241 e. The normalized spacial score (nSPS) is 11.7. The lowest BCUT2D eigenvalue weighted by Gasteiger charge is -2.04. The first-order chi connectivity index (χ1) is 9.31. The minimum atomic E-state index is 0.678. The van der Waals surface area contributed by atoms with Gasteiger partial charge in [0.15, 0.2) is 5.84 Å². The third-order valence-corrected chi connectivity index (χ3v) is 2.63. The van der Waals surface area contributed by atoms with Crippen molar-refractivity contribution >= 4 is 17.7 Å². The highest BCUT2D eigenvalue weighted by molar-refractivity contribution is 6.05. The van der Waals surface area contributed by atoms with Gasteiger partial charge in [-0.15, -0.1) is 0 Å². The van der Waals surface area contributed by atoms with E-state index in [1.165, 1.54) is 0 Å². The second kappa shape index (κ2) is 6.45. The molecule has 0 aliphatic rings. The molecule has 19 heavy (non-hydrogen) atoms. The van der Waals surface area contributed by atoms with Gasteiger partial charge in [0.25, 0.3) is 0 Å². The Morgan fingerprint density at radius 3 is 1.95 bits per heavy atom. The minimum absolute atomic E-state index is 0.678. The summed E-state index contributed by atoms with van der Waals surface area (Å²) >= 11 is 0. The summed E-state index contributed by atoms with van der Waals surface area (Å²) in [5.74, 6) is 0.678. The van der Waals surface area contributed by atoms with Crippen molar-refractivity contribution in [1.29, 1.82) is 0 Å². The lowest BCUT2D eigenvalue weighted by atomic mass is 10.1. The van der Waals surface area contributed by atoms with Gasteiger partial charge in [0, 0.05) is 11.8 Å². The van der Waals surface area contributed by atoms with Crippen LogP contribution in [0.1, 0.15) is 18.1 Å². The van der Waals surface area contributed by atoms with Gasteiger partial charge in [0.2, 0.25) is 0 Å². The van der Waals surface area contributed by atoms with Crippen molar-refractivity contribution in [2.75, 3.05) is 0 Å². The minimum Gasteiger partial charge on any atom is -0.241 e. The van der Waals surface area contributed by atoms with E-state index in [1.54, 1.807) is 6.21 Å². The molecule has 0 radical (unpaired) electrons. The van der Waals surface area contributed by atoms with Gasteiger partial charge >= 0.3 is 0 Å². The highest BCUT2D eigenvalue weighted by Crippen LogP contribution is 2.15. The summed E-state index contributed by atoms with van der Waals surface area (Å²) in [4.78, 5) is 8.86. The fraction of sp³-hybridized carbons (Fsp3) is 0.0588. The third kappa shape index (κ3) is 3.49. The molecule has 0 saturated heterocycles. The number of hydrogen-bond acceptors (Lipinski definition) is 1. The maximum Gasteiger partial charge on any atom is 0.159 e. The molecule has 0 bridgehead atoms. The highest BCUT2D eigenvalue weighted by Gasteiger charge is 2.02. The molecule has 2 heteroatoms. The van der Waals surface area contributed by atoms with Gasteiger partial charge in [0.05, 0.1) is 5.70 Å². The van der Waals surface area contributed by atoms with Crippen LogP contribution in [0.2, 0.25) is 0 Å². The Balaban J connectivity index is 2.35. The zero-order valence-electron chi connectivity index (χ0n) is 11.0. The third-order valence-electron chi connectivity index (χ3n) is 2.63.